The van der Waals surface area contributed by atoms with E-state index in [0.717, 1.165) is 19.2 Å². The minimum absolute atomic E-state index is 0.0783. The van der Waals surface area contributed by atoms with Crippen LogP contribution in [-0.2, 0) is 10.9 Å². The number of esters is 1. The Bertz CT molecular complexity index is 677. The molecule has 0 fully saturated rings. The van der Waals surface area contributed by atoms with Gasteiger partial charge in [-0.1, -0.05) is 0 Å². The molecule has 9 heteroatoms. The molecule has 1 aromatic carbocycles. The van der Waals surface area contributed by atoms with Gasteiger partial charge in [-0.15, -0.1) is 0 Å². The highest BCUT2D eigenvalue weighted by atomic mass is 19.4. The fraction of sp³-hybridized carbons (Fsp3) is 0.167. The monoisotopic (exact) mass is 303 g/mol. The second-order valence-electron chi connectivity index (χ2n) is 3.99. The standard InChI is InChI=1S/C12H9F4N3O2/c1-21-11(20)9-8(12(14,15)16)10(17)19(18-9)7-4-2-6(13)3-5-7/h2-5H,17H2,1H3. The third-order valence-electron chi connectivity index (χ3n) is 2.65. The zero-order chi connectivity index (χ0) is 15.8. The van der Waals surface area contributed by atoms with Gasteiger partial charge in [0.15, 0.2) is 5.69 Å². The number of carbonyl (C=O) groups excluding carboxylic acids is 1. The summed E-state index contributed by atoms with van der Waals surface area (Å²) in [6.07, 6.45) is -4.88. The van der Waals surface area contributed by atoms with Crippen molar-refractivity contribution < 1.29 is 27.1 Å². The van der Waals surface area contributed by atoms with Crippen molar-refractivity contribution in [3.63, 3.8) is 0 Å². The molecule has 21 heavy (non-hydrogen) atoms. The number of nitrogens with two attached hydrogens (primary N) is 1. The van der Waals surface area contributed by atoms with E-state index in [1.54, 1.807) is 0 Å². The summed E-state index contributed by atoms with van der Waals surface area (Å²) in [5.41, 5.74) is 3.17. The average molecular weight is 303 g/mol. The Hall–Kier alpha value is -2.58. The maximum atomic E-state index is 13.0. The number of hydrogen-bond acceptors (Lipinski definition) is 4. The van der Waals surface area contributed by atoms with Crippen molar-refractivity contribution in [3.05, 3.63) is 41.3 Å². The van der Waals surface area contributed by atoms with Crippen molar-refractivity contribution in [2.45, 2.75) is 6.18 Å². The fourth-order valence-electron chi connectivity index (χ4n) is 1.73. The molecule has 1 aromatic heterocycles. The van der Waals surface area contributed by atoms with Crippen LogP contribution in [0.2, 0.25) is 0 Å². The highest BCUT2D eigenvalue weighted by Crippen LogP contribution is 2.37. The molecule has 2 N–H and O–H groups in total. The maximum absolute atomic E-state index is 13.0. The summed E-state index contributed by atoms with van der Waals surface area (Å²) in [4.78, 5) is 11.4. The summed E-state index contributed by atoms with van der Waals surface area (Å²) in [7, 11) is 0.926. The molecule has 0 aliphatic carbocycles. The van der Waals surface area contributed by atoms with Gasteiger partial charge in [0.25, 0.3) is 0 Å². The molecule has 0 saturated carbocycles. The lowest BCUT2D eigenvalue weighted by Gasteiger charge is -2.07. The van der Waals surface area contributed by atoms with Crippen molar-refractivity contribution in [2.75, 3.05) is 12.8 Å². The van der Waals surface area contributed by atoms with Crippen molar-refractivity contribution in [3.8, 4) is 5.69 Å². The molecule has 0 bridgehead atoms. The lowest BCUT2D eigenvalue weighted by atomic mass is 10.2. The molecule has 0 saturated heterocycles. The van der Waals surface area contributed by atoms with Crippen LogP contribution in [0.25, 0.3) is 5.69 Å². The van der Waals surface area contributed by atoms with Crippen LogP contribution >= 0.6 is 0 Å². The number of ether oxygens (including phenoxy) is 1. The van der Waals surface area contributed by atoms with E-state index in [0.29, 0.717) is 4.68 Å². The predicted molar refractivity (Wildman–Crippen MR) is 64.3 cm³/mol. The van der Waals surface area contributed by atoms with Gasteiger partial charge < -0.3 is 10.5 Å². The summed E-state index contributed by atoms with van der Waals surface area (Å²) >= 11 is 0. The smallest absolute Gasteiger partial charge is 0.422 e. The van der Waals surface area contributed by atoms with E-state index >= 15 is 0 Å². The second kappa shape index (κ2) is 5.08. The topological polar surface area (TPSA) is 70.1 Å². The van der Waals surface area contributed by atoms with E-state index in [1.807, 2.05) is 0 Å². The molecule has 2 rings (SSSR count). The highest BCUT2D eigenvalue weighted by molar-refractivity contribution is 5.90. The van der Waals surface area contributed by atoms with Gasteiger partial charge in [-0.25, -0.2) is 13.9 Å². The van der Waals surface area contributed by atoms with Crippen molar-refractivity contribution in [1.82, 2.24) is 9.78 Å². The van der Waals surface area contributed by atoms with Gasteiger partial charge in [0.05, 0.1) is 12.8 Å². The van der Waals surface area contributed by atoms with E-state index in [9.17, 15) is 22.4 Å². The Morgan fingerprint density at radius 1 is 1.29 bits per heavy atom. The number of benzene rings is 1. The second-order valence-corrected chi connectivity index (χ2v) is 3.99. The zero-order valence-electron chi connectivity index (χ0n) is 10.6. The molecule has 0 aliphatic heterocycles. The molecule has 0 unspecified atom stereocenters. The number of halogens is 4. The van der Waals surface area contributed by atoms with Crippen molar-refractivity contribution in [2.24, 2.45) is 0 Å². The molecule has 0 atom stereocenters. The van der Waals surface area contributed by atoms with Gasteiger partial charge in [0.1, 0.15) is 17.2 Å². The molecule has 5 nitrogen and oxygen atoms in total. The summed E-state index contributed by atoms with van der Waals surface area (Å²) in [5.74, 6) is -2.63. The first-order chi connectivity index (χ1) is 9.75. The maximum Gasteiger partial charge on any atom is 0.422 e. The van der Waals surface area contributed by atoms with Crippen LogP contribution in [0.15, 0.2) is 24.3 Å². The summed E-state index contributed by atoms with van der Waals surface area (Å²) in [6.45, 7) is 0. The Balaban J connectivity index is 2.67. The minimum Gasteiger partial charge on any atom is -0.464 e. The first-order valence-electron chi connectivity index (χ1n) is 5.55. The Morgan fingerprint density at radius 2 is 1.86 bits per heavy atom. The van der Waals surface area contributed by atoms with Crippen LogP contribution in [0.3, 0.4) is 0 Å². The Kier molecular flexibility index (Phi) is 3.58. The van der Waals surface area contributed by atoms with Crippen LogP contribution in [0.4, 0.5) is 23.4 Å². The first kappa shape index (κ1) is 14.8. The highest BCUT2D eigenvalue weighted by Gasteiger charge is 2.42. The Morgan fingerprint density at radius 3 is 2.33 bits per heavy atom. The van der Waals surface area contributed by atoms with Gasteiger partial charge in [-0.05, 0) is 24.3 Å². The number of carbonyl (C=O) groups is 1. The van der Waals surface area contributed by atoms with Crippen LogP contribution < -0.4 is 5.73 Å². The average Bonchev–Trinajstić information content (AvgIpc) is 2.76. The molecule has 0 amide bonds. The van der Waals surface area contributed by atoms with Crippen LogP contribution in [0, 0.1) is 5.82 Å². The third kappa shape index (κ3) is 2.67. The van der Waals surface area contributed by atoms with E-state index in [1.165, 1.54) is 12.1 Å². The number of hydrogen-bond donors (Lipinski definition) is 1. The fourth-order valence-corrected chi connectivity index (χ4v) is 1.73. The lowest BCUT2D eigenvalue weighted by Crippen LogP contribution is -2.14. The van der Waals surface area contributed by atoms with Crippen molar-refractivity contribution >= 4 is 11.8 Å². The number of rotatable bonds is 2. The van der Waals surface area contributed by atoms with E-state index in [-0.39, 0.29) is 5.69 Å². The van der Waals surface area contributed by atoms with Gasteiger partial charge in [0.2, 0.25) is 0 Å². The van der Waals surface area contributed by atoms with Gasteiger partial charge in [-0.2, -0.15) is 18.3 Å². The normalized spacial score (nSPS) is 11.5. The SMILES string of the molecule is COC(=O)c1nn(-c2ccc(F)cc2)c(N)c1C(F)(F)F. The number of aromatic nitrogens is 2. The largest absolute Gasteiger partial charge is 0.464 e. The van der Waals surface area contributed by atoms with E-state index < -0.39 is 35.0 Å². The molecule has 112 valence electrons. The number of nitrogen functional groups attached to an aromatic ring is 1. The predicted octanol–water partition coefficient (Wildman–Crippen LogP) is 2.40. The summed E-state index contributed by atoms with van der Waals surface area (Å²) in [6, 6.07) is 4.42. The zero-order valence-corrected chi connectivity index (χ0v) is 10.6. The molecule has 0 aliphatic rings. The molecule has 0 spiro atoms. The number of methoxy groups -OCH3 is 1. The molecule has 2 aromatic rings. The molecule has 0 radical (unpaired) electrons. The van der Waals surface area contributed by atoms with Crippen LogP contribution in [-0.4, -0.2) is 22.9 Å². The first-order valence-corrected chi connectivity index (χ1v) is 5.55. The van der Waals surface area contributed by atoms with Crippen LogP contribution in [0.5, 0.6) is 0 Å². The number of alkyl halides is 3. The summed E-state index contributed by atoms with van der Waals surface area (Å²) in [5, 5.41) is 3.52. The van der Waals surface area contributed by atoms with Gasteiger partial charge in [0, 0.05) is 0 Å². The third-order valence-corrected chi connectivity index (χ3v) is 2.65. The number of nitrogens with zero attached hydrogens (tertiary/aromatic N) is 2. The number of anilines is 1. The van der Waals surface area contributed by atoms with Crippen molar-refractivity contribution in [1.29, 1.82) is 0 Å². The lowest BCUT2D eigenvalue weighted by molar-refractivity contribution is -0.137. The molecule has 1 heterocycles. The quantitative estimate of drug-likeness (QED) is 0.683. The van der Waals surface area contributed by atoms with E-state index in [2.05, 4.69) is 9.84 Å². The van der Waals surface area contributed by atoms with Gasteiger partial charge in [-0.3, -0.25) is 0 Å². The Labute approximate surface area is 115 Å². The minimum atomic E-state index is -4.88. The van der Waals surface area contributed by atoms with Gasteiger partial charge >= 0.3 is 12.1 Å². The summed E-state index contributed by atoms with van der Waals surface area (Å²) < 4.78 is 56.8. The molecular formula is C12H9F4N3O2. The van der Waals surface area contributed by atoms with E-state index in [4.69, 9.17) is 5.73 Å². The molecular weight excluding hydrogens is 294 g/mol. The van der Waals surface area contributed by atoms with Crippen LogP contribution in [0.1, 0.15) is 16.1 Å².